The predicted molar refractivity (Wildman–Crippen MR) is 81.4 cm³/mol. The van der Waals surface area contributed by atoms with E-state index in [0.717, 1.165) is 13.3 Å². The smallest absolute Gasteiger partial charge is 0.300 e. The molecule has 0 heterocycles. The van der Waals surface area contributed by atoms with E-state index in [4.69, 9.17) is 15.0 Å². The zero-order chi connectivity index (χ0) is 14.8. The molecule has 3 heteroatoms. The minimum atomic E-state index is -0.833. The summed E-state index contributed by atoms with van der Waals surface area (Å²) in [5.74, 6) is -0.833. The van der Waals surface area contributed by atoms with Gasteiger partial charge in [-0.05, 0) is 25.7 Å². The first kappa shape index (κ1) is 20.5. The van der Waals surface area contributed by atoms with Crippen LogP contribution in [-0.2, 0) is 4.79 Å². The Morgan fingerprint density at radius 1 is 0.895 bits per heavy atom. The summed E-state index contributed by atoms with van der Waals surface area (Å²) in [4.78, 5) is 9.00. The van der Waals surface area contributed by atoms with Crippen LogP contribution in [0, 0.1) is 0 Å². The molecule has 0 fully saturated rings. The predicted octanol–water partition coefficient (Wildman–Crippen LogP) is 4.55. The maximum atomic E-state index is 9.00. The van der Waals surface area contributed by atoms with Crippen LogP contribution in [0.15, 0.2) is 12.2 Å². The number of carboxylic acids is 1. The minimum Gasteiger partial charge on any atom is -0.481 e. The fourth-order valence-electron chi connectivity index (χ4n) is 1.72. The summed E-state index contributed by atoms with van der Waals surface area (Å²) < 4.78 is 0. The maximum Gasteiger partial charge on any atom is 0.300 e. The third-order valence-corrected chi connectivity index (χ3v) is 2.68. The van der Waals surface area contributed by atoms with Crippen molar-refractivity contribution in [2.75, 3.05) is 6.61 Å². The van der Waals surface area contributed by atoms with E-state index >= 15 is 0 Å². The summed E-state index contributed by atoms with van der Waals surface area (Å²) in [5, 5.41) is 16.0. The van der Waals surface area contributed by atoms with Gasteiger partial charge in [-0.15, -0.1) is 0 Å². The van der Waals surface area contributed by atoms with E-state index in [9.17, 15) is 0 Å². The number of carboxylic acid groups (broad SMARTS) is 1. The van der Waals surface area contributed by atoms with E-state index in [1.165, 1.54) is 57.8 Å². The van der Waals surface area contributed by atoms with Gasteiger partial charge >= 0.3 is 0 Å². The molecule has 0 aromatic rings. The second-order valence-corrected chi connectivity index (χ2v) is 4.74. The highest BCUT2D eigenvalue weighted by molar-refractivity contribution is 5.62. The average Bonchev–Trinajstić information content (AvgIpc) is 2.35. The molecule has 19 heavy (non-hydrogen) atoms. The number of carbonyl (C=O) groups is 1. The minimum absolute atomic E-state index is 0.365. The number of hydrogen-bond acceptors (Lipinski definition) is 2. The third-order valence-electron chi connectivity index (χ3n) is 2.68. The first-order valence-electron chi connectivity index (χ1n) is 7.60. The van der Waals surface area contributed by atoms with E-state index in [1.807, 2.05) is 0 Å². The molecule has 0 aliphatic carbocycles. The largest absolute Gasteiger partial charge is 0.481 e. The summed E-state index contributed by atoms with van der Waals surface area (Å²) in [7, 11) is 0. The van der Waals surface area contributed by atoms with Gasteiger partial charge in [-0.1, -0.05) is 57.6 Å². The van der Waals surface area contributed by atoms with E-state index in [0.29, 0.717) is 6.61 Å². The summed E-state index contributed by atoms with van der Waals surface area (Å²) in [6.07, 6.45) is 17.3. The molecule has 0 bridgehead atoms. The van der Waals surface area contributed by atoms with Crippen molar-refractivity contribution in [2.24, 2.45) is 0 Å². The molecular weight excluding hydrogens is 240 g/mol. The van der Waals surface area contributed by atoms with E-state index in [1.54, 1.807) is 0 Å². The van der Waals surface area contributed by atoms with Crippen molar-refractivity contribution in [3.05, 3.63) is 12.2 Å². The number of unbranched alkanes of at least 4 members (excludes halogenated alkanes) is 8. The molecule has 3 nitrogen and oxygen atoms in total. The number of hydrogen-bond donors (Lipinski definition) is 2. The Morgan fingerprint density at radius 3 is 1.74 bits per heavy atom. The van der Waals surface area contributed by atoms with Crippen LogP contribution < -0.4 is 0 Å². The molecule has 0 saturated carbocycles. The Labute approximate surface area is 118 Å². The molecule has 0 rings (SSSR count). The Kier molecular flexibility index (Phi) is 21.0. The first-order valence-corrected chi connectivity index (χ1v) is 7.60. The van der Waals surface area contributed by atoms with Crippen molar-refractivity contribution in [2.45, 2.75) is 78.1 Å². The summed E-state index contributed by atoms with van der Waals surface area (Å²) in [6.45, 7) is 3.63. The van der Waals surface area contributed by atoms with Gasteiger partial charge in [-0.25, -0.2) is 0 Å². The molecule has 0 spiro atoms. The topological polar surface area (TPSA) is 57.5 Å². The number of aliphatic hydroxyl groups excluding tert-OH is 1. The summed E-state index contributed by atoms with van der Waals surface area (Å²) >= 11 is 0. The molecule has 0 aromatic carbocycles. The lowest BCUT2D eigenvalue weighted by molar-refractivity contribution is -0.134. The normalized spacial score (nSPS) is 10.3. The Balaban J connectivity index is 0. The lowest BCUT2D eigenvalue weighted by atomic mass is 10.1. The first-order chi connectivity index (χ1) is 9.15. The van der Waals surface area contributed by atoms with Crippen molar-refractivity contribution in [3.63, 3.8) is 0 Å². The fourth-order valence-corrected chi connectivity index (χ4v) is 1.72. The lowest BCUT2D eigenvalue weighted by Crippen LogP contribution is -1.84. The van der Waals surface area contributed by atoms with Crippen LogP contribution in [0.3, 0.4) is 0 Å². The van der Waals surface area contributed by atoms with Crippen molar-refractivity contribution < 1.29 is 15.0 Å². The molecule has 0 radical (unpaired) electrons. The van der Waals surface area contributed by atoms with Crippen molar-refractivity contribution in [3.8, 4) is 0 Å². The SMILES string of the molecule is CC(=O)O.CC/C=C\CCCCCCCCCCO. The molecule has 0 atom stereocenters. The number of aliphatic hydroxyl groups is 1. The summed E-state index contributed by atoms with van der Waals surface area (Å²) in [5.41, 5.74) is 0. The van der Waals surface area contributed by atoms with E-state index in [-0.39, 0.29) is 0 Å². The molecule has 2 N–H and O–H groups in total. The molecule has 0 aliphatic heterocycles. The van der Waals surface area contributed by atoms with Crippen LogP contribution in [0.5, 0.6) is 0 Å². The van der Waals surface area contributed by atoms with Crippen LogP contribution in [0.1, 0.15) is 78.1 Å². The highest BCUT2D eigenvalue weighted by Gasteiger charge is 1.91. The second-order valence-electron chi connectivity index (χ2n) is 4.74. The maximum absolute atomic E-state index is 9.00. The quantitative estimate of drug-likeness (QED) is 0.428. The monoisotopic (exact) mass is 272 g/mol. The van der Waals surface area contributed by atoms with Gasteiger partial charge < -0.3 is 10.2 Å². The zero-order valence-electron chi connectivity index (χ0n) is 12.7. The van der Waals surface area contributed by atoms with Gasteiger partial charge in [-0.3, -0.25) is 4.79 Å². The summed E-state index contributed by atoms with van der Waals surface area (Å²) in [6, 6.07) is 0. The molecule has 0 unspecified atom stereocenters. The van der Waals surface area contributed by atoms with E-state index in [2.05, 4.69) is 19.1 Å². The van der Waals surface area contributed by atoms with Crippen molar-refractivity contribution in [1.82, 2.24) is 0 Å². The molecule has 114 valence electrons. The Bertz CT molecular complexity index is 196. The Morgan fingerprint density at radius 2 is 1.32 bits per heavy atom. The highest BCUT2D eigenvalue weighted by Crippen LogP contribution is 2.09. The number of aliphatic carboxylic acids is 1. The van der Waals surface area contributed by atoms with Crippen LogP contribution in [0.2, 0.25) is 0 Å². The zero-order valence-corrected chi connectivity index (χ0v) is 12.7. The van der Waals surface area contributed by atoms with E-state index < -0.39 is 5.97 Å². The second kappa shape index (κ2) is 19.5. The fraction of sp³-hybridized carbons (Fsp3) is 0.812. The molecule has 0 aliphatic rings. The van der Waals surface area contributed by atoms with Crippen LogP contribution in [-0.4, -0.2) is 22.8 Å². The van der Waals surface area contributed by atoms with Crippen LogP contribution in [0.4, 0.5) is 0 Å². The number of rotatable bonds is 11. The highest BCUT2D eigenvalue weighted by atomic mass is 16.4. The van der Waals surface area contributed by atoms with Gasteiger partial charge in [-0.2, -0.15) is 0 Å². The molecule has 0 saturated heterocycles. The number of allylic oxidation sites excluding steroid dienone is 2. The van der Waals surface area contributed by atoms with Gasteiger partial charge in [0.05, 0.1) is 0 Å². The third kappa shape index (κ3) is 31.7. The van der Waals surface area contributed by atoms with Crippen LogP contribution >= 0.6 is 0 Å². The van der Waals surface area contributed by atoms with Gasteiger partial charge in [0.25, 0.3) is 5.97 Å². The molecule has 0 amide bonds. The standard InChI is InChI=1S/C14H28O.C2H4O2/c1-2-3-4-5-6-7-8-9-10-11-12-13-14-15;1-2(3)4/h3-4,15H,2,5-14H2,1H3;1H3,(H,3,4)/b4-3-;. The lowest BCUT2D eigenvalue weighted by Gasteiger charge is -2.00. The van der Waals surface area contributed by atoms with Gasteiger partial charge in [0.15, 0.2) is 0 Å². The van der Waals surface area contributed by atoms with Gasteiger partial charge in [0.2, 0.25) is 0 Å². The molecule has 0 aromatic heterocycles. The van der Waals surface area contributed by atoms with Crippen LogP contribution in [0.25, 0.3) is 0 Å². The molecular formula is C16H32O3. The van der Waals surface area contributed by atoms with Gasteiger partial charge in [0.1, 0.15) is 0 Å². The Hall–Kier alpha value is -0.830. The van der Waals surface area contributed by atoms with Crippen molar-refractivity contribution >= 4 is 5.97 Å². The van der Waals surface area contributed by atoms with Gasteiger partial charge in [0, 0.05) is 13.5 Å². The average molecular weight is 272 g/mol. The van der Waals surface area contributed by atoms with Crippen molar-refractivity contribution in [1.29, 1.82) is 0 Å².